The fourth-order valence-corrected chi connectivity index (χ4v) is 1.93. The fraction of sp³-hybridized carbons (Fsp3) is 0.111. The van der Waals surface area contributed by atoms with Crippen molar-refractivity contribution in [2.24, 2.45) is 0 Å². The zero-order valence-electron chi connectivity index (χ0n) is 6.88. The van der Waals surface area contributed by atoms with E-state index in [0.29, 0.717) is 5.15 Å². The topological polar surface area (TPSA) is 25.8 Å². The molecule has 0 atom stereocenters. The molecule has 1 heterocycles. The van der Waals surface area contributed by atoms with Gasteiger partial charge in [-0.05, 0) is 24.6 Å². The summed E-state index contributed by atoms with van der Waals surface area (Å²) in [6, 6.07) is 3.91. The van der Waals surface area contributed by atoms with Crippen molar-refractivity contribution in [1.29, 1.82) is 0 Å². The normalized spacial score (nSPS) is 10.7. The number of fused-ring (bicyclic) bond motifs is 1. The first kappa shape index (κ1) is 8.91. The summed E-state index contributed by atoms with van der Waals surface area (Å²) < 4.78 is 0.995. The van der Waals surface area contributed by atoms with Crippen molar-refractivity contribution in [3.63, 3.8) is 0 Å². The molecule has 2 rings (SSSR count). The van der Waals surface area contributed by atoms with Gasteiger partial charge >= 0.3 is 0 Å². The predicted molar refractivity (Wildman–Crippen MR) is 57.0 cm³/mol. The number of nitrogens with zero attached hydrogens (tertiary/aromatic N) is 2. The average Bonchev–Trinajstić information content (AvgIpc) is 2.02. The van der Waals surface area contributed by atoms with Crippen molar-refractivity contribution in [3.8, 4) is 0 Å². The van der Waals surface area contributed by atoms with E-state index in [1.54, 1.807) is 6.20 Å². The Kier molecular flexibility index (Phi) is 2.22. The molecule has 0 spiro atoms. The lowest BCUT2D eigenvalue weighted by molar-refractivity contribution is 1.27. The highest BCUT2D eigenvalue weighted by atomic mass is 79.9. The molecular formula is C9H6BrClN2. The molecule has 0 aliphatic rings. The maximum atomic E-state index is 5.73. The van der Waals surface area contributed by atoms with Crippen molar-refractivity contribution in [2.75, 3.05) is 0 Å². The monoisotopic (exact) mass is 256 g/mol. The molecule has 4 heteroatoms. The summed E-state index contributed by atoms with van der Waals surface area (Å²) in [5.41, 5.74) is 2.81. The molecule has 0 aliphatic heterocycles. The zero-order chi connectivity index (χ0) is 9.42. The number of hydrogen-bond donors (Lipinski definition) is 0. The van der Waals surface area contributed by atoms with Crippen molar-refractivity contribution < 1.29 is 0 Å². The maximum absolute atomic E-state index is 5.73. The second-order valence-corrected chi connectivity index (χ2v) is 4.09. The molecular weight excluding hydrogens is 251 g/mol. The van der Waals surface area contributed by atoms with Crippen LogP contribution in [0.4, 0.5) is 0 Å². The first-order valence-electron chi connectivity index (χ1n) is 3.75. The van der Waals surface area contributed by atoms with E-state index in [-0.39, 0.29) is 0 Å². The molecule has 0 saturated carbocycles. The number of rotatable bonds is 0. The third-order valence-electron chi connectivity index (χ3n) is 1.77. The first-order chi connectivity index (χ1) is 6.16. The molecule has 0 aliphatic carbocycles. The SMILES string of the molecule is Cc1cc(Br)cc2nc(Cl)cnc12. The quantitative estimate of drug-likeness (QED) is 0.723. The molecule has 0 bridgehead atoms. The molecule has 13 heavy (non-hydrogen) atoms. The van der Waals surface area contributed by atoms with Gasteiger partial charge in [0.25, 0.3) is 0 Å². The molecule has 0 radical (unpaired) electrons. The Hall–Kier alpha value is -0.670. The molecule has 2 nitrogen and oxygen atoms in total. The van der Waals surface area contributed by atoms with Gasteiger partial charge in [-0.15, -0.1) is 0 Å². The van der Waals surface area contributed by atoms with E-state index in [1.165, 1.54) is 0 Å². The van der Waals surface area contributed by atoms with Crippen LogP contribution in [0.5, 0.6) is 0 Å². The van der Waals surface area contributed by atoms with Crippen molar-refractivity contribution >= 4 is 38.6 Å². The smallest absolute Gasteiger partial charge is 0.148 e. The van der Waals surface area contributed by atoms with Gasteiger partial charge in [-0.25, -0.2) is 4.98 Å². The van der Waals surface area contributed by atoms with Crippen LogP contribution in [0.15, 0.2) is 22.8 Å². The summed E-state index contributed by atoms with van der Waals surface area (Å²) in [7, 11) is 0. The molecule has 0 amide bonds. The van der Waals surface area contributed by atoms with E-state index in [9.17, 15) is 0 Å². The Balaban J connectivity index is 2.86. The number of hydrogen-bond acceptors (Lipinski definition) is 2. The third-order valence-corrected chi connectivity index (χ3v) is 2.41. The van der Waals surface area contributed by atoms with Crippen LogP contribution in [0.3, 0.4) is 0 Å². The van der Waals surface area contributed by atoms with Gasteiger partial charge < -0.3 is 0 Å². The van der Waals surface area contributed by atoms with Crippen LogP contribution >= 0.6 is 27.5 Å². The Morgan fingerprint density at radius 1 is 1.38 bits per heavy atom. The van der Waals surface area contributed by atoms with E-state index < -0.39 is 0 Å². The highest BCUT2D eigenvalue weighted by Crippen LogP contribution is 2.21. The van der Waals surface area contributed by atoms with Gasteiger partial charge in [0.1, 0.15) is 5.15 Å². The molecule has 66 valence electrons. The van der Waals surface area contributed by atoms with Gasteiger partial charge in [0, 0.05) is 4.47 Å². The van der Waals surface area contributed by atoms with Gasteiger partial charge in [0.2, 0.25) is 0 Å². The van der Waals surface area contributed by atoms with Gasteiger partial charge in [0.15, 0.2) is 0 Å². The summed E-state index contributed by atoms with van der Waals surface area (Å²) in [5, 5.41) is 0.421. The van der Waals surface area contributed by atoms with Crippen LogP contribution in [-0.4, -0.2) is 9.97 Å². The van der Waals surface area contributed by atoms with Crippen molar-refractivity contribution in [3.05, 3.63) is 33.5 Å². The Bertz CT molecular complexity index is 465. The van der Waals surface area contributed by atoms with E-state index in [4.69, 9.17) is 11.6 Å². The number of aryl methyl sites for hydroxylation is 1. The summed E-state index contributed by atoms with van der Waals surface area (Å²) in [4.78, 5) is 8.38. The Morgan fingerprint density at radius 3 is 2.92 bits per heavy atom. The van der Waals surface area contributed by atoms with E-state index in [2.05, 4.69) is 25.9 Å². The third kappa shape index (κ3) is 1.67. The second kappa shape index (κ2) is 3.24. The number of benzene rings is 1. The standard InChI is InChI=1S/C9H6BrClN2/c1-5-2-6(10)3-7-9(5)12-4-8(11)13-7/h2-4H,1H3. The van der Waals surface area contributed by atoms with Crippen LogP contribution in [0.25, 0.3) is 11.0 Å². The lowest BCUT2D eigenvalue weighted by Crippen LogP contribution is -1.87. The molecule has 2 aromatic rings. The molecule has 0 N–H and O–H groups in total. The van der Waals surface area contributed by atoms with Crippen molar-refractivity contribution in [1.82, 2.24) is 9.97 Å². The summed E-state index contributed by atoms with van der Waals surface area (Å²) in [5.74, 6) is 0. The van der Waals surface area contributed by atoms with Gasteiger partial charge in [-0.3, -0.25) is 4.98 Å². The Labute approximate surface area is 89.1 Å². The van der Waals surface area contributed by atoms with E-state index in [1.807, 2.05) is 19.1 Å². The fourth-order valence-electron chi connectivity index (χ4n) is 1.23. The first-order valence-corrected chi connectivity index (χ1v) is 4.92. The molecule has 0 saturated heterocycles. The summed E-state index contributed by atoms with van der Waals surface area (Å²) in [6.45, 7) is 2.00. The molecule has 0 unspecified atom stereocenters. The summed E-state index contributed by atoms with van der Waals surface area (Å²) >= 11 is 9.13. The highest BCUT2D eigenvalue weighted by Gasteiger charge is 2.02. The van der Waals surface area contributed by atoms with Gasteiger partial charge in [-0.1, -0.05) is 27.5 Å². The van der Waals surface area contributed by atoms with Crippen LogP contribution in [0, 0.1) is 6.92 Å². The lowest BCUT2D eigenvalue weighted by atomic mass is 10.2. The largest absolute Gasteiger partial charge is 0.251 e. The number of halogens is 2. The van der Waals surface area contributed by atoms with E-state index >= 15 is 0 Å². The summed E-state index contributed by atoms with van der Waals surface area (Å²) in [6.07, 6.45) is 1.56. The minimum atomic E-state index is 0.421. The van der Waals surface area contributed by atoms with Gasteiger partial charge in [0.05, 0.1) is 17.2 Å². The van der Waals surface area contributed by atoms with Crippen LogP contribution < -0.4 is 0 Å². The minimum absolute atomic E-state index is 0.421. The van der Waals surface area contributed by atoms with E-state index in [0.717, 1.165) is 21.1 Å². The second-order valence-electron chi connectivity index (χ2n) is 2.78. The van der Waals surface area contributed by atoms with Crippen LogP contribution in [0.1, 0.15) is 5.56 Å². The van der Waals surface area contributed by atoms with Crippen LogP contribution in [0.2, 0.25) is 5.15 Å². The molecule has 1 aromatic heterocycles. The maximum Gasteiger partial charge on any atom is 0.148 e. The average molecular weight is 258 g/mol. The van der Waals surface area contributed by atoms with Gasteiger partial charge in [-0.2, -0.15) is 0 Å². The molecule has 1 aromatic carbocycles. The Morgan fingerprint density at radius 2 is 2.15 bits per heavy atom. The highest BCUT2D eigenvalue weighted by molar-refractivity contribution is 9.10. The lowest BCUT2D eigenvalue weighted by Gasteiger charge is -2.01. The zero-order valence-corrected chi connectivity index (χ0v) is 9.22. The van der Waals surface area contributed by atoms with Crippen molar-refractivity contribution in [2.45, 2.75) is 6.92 Å². The number of aromatic nitrogens is 2. The van der Waals surface area contributed by atoms with Crippen LogP contribution in [-0.2, 0) is 0 Å². The minimum Gasteiger partial charge on any atom is -0.251 e. The predicted octanol–water partition coefficient (Wildman–Crippen LogP) is 3.35. The molecule has 0 fully saturated rings.